The fourth-order valence-corrected chi connectivity index (χ4v) is 1.69. The molecule has 0 bridgehead atoms. The maximum Gasteiger partial charge on any atom is 0.416 e. The van der Waals surface area contributed by atoms with E-state index in [1.807, 2.05) is 0 Å². The summed E-state index contributed by atoms with van der Waals surface area (Å²) in [6.45, 7) is -1.81. The predicted octanol–water partition coefficient (Wildman–Crippen LogP) is 3.64. The topological polar surface area (TPSA) is 41.9 Å². The van der Waals surface area contributed by atoms with Crippen molar-refractivity contribution in [2.75, 3.05) is 11.7 Å². The number of hydrogen-bond acceptors (Lipinski definition) is 3. The third-order valence-corrected chi connectivity index (χ3v) is 2.60. The van der Waals surface area contributed by atoms with E-state index in [9.17, 15) is 31.1 Å². The molecule has 22 heavy (non-hydrogen) atoms. The Morgan fingerprint density at radius 1 is 1.18 bits per heavy atom. The van der Waals surface area contributed by atoms with E-state index >= 15 is 0 Å². The second-order valence-electron chi connectivity index (χ2n) is 4.29. The van der Waals surface area contributed by atoms with Gasteiger partial charge in [0, 0.05) is 6.21 Å². The standard InChI is InChI=1S/C12H8F6N2O2/c13-11(14,15)6-22-20-9-5-7(12(16,17)18)1-2-8(9)19-4-3-10(20)21/h1-2,4-5H,3,6H2. The highest BCUT2D eigenvalue weighted by Gasteiger charge is 2.35. The second-order valence-corrected chi connectivity index (χ2v) is 4.29. The lowest BCUT2D eigenvalue weighted by Crippen LogP contribution is -2.34. The Bertz CT molecular complexity index is 609. The molecule has 0 atom stereocenters. The predicted molar refractivity (Wildman–Crippen MR) is 63.7 cm³/mol. The first kappa shape index (κ1) is 16.3. The van der Waals surface area contributed by atoms with Crippen LogP contribution in [0.2, 0.25) is 0 Å². The molecular formula is C12H8F6N2O2. The van der Waals surface area contributed by atoms with Gasteiger partial charge in [-0.25, -0.2) is 0 Å². The van der Waals surface area contributed by atoms with Gasteiger partial charge < -0.3 is 0 Å². The summed E-state index contributed by atoms with van der Waals surface area (Å²) in [5.41, 5.74) is -1.71. The van der Waals surface area contributed by atoms with Crippen LogP contribution in [0.1, 0.15) is 12.0 Å². The minimum atomic E-state index is -4.74. The molecule has 0 radical (unpaired) electrons. The molecule has 0 spiro atoms. The van der Waals surface area contributed by atoms with E-state index in [1.165, 1.54) is 0 Å². The number of rotatable bonds is 2. The lowest BCUT2D eigenvalue weighted by molar-refractivity contribution is -0.179. The number of amides is 1. The zero-order valence-electron chi connectivity index (χ0n) is 10.7. The second kappa shape index (κ2) is 5.59. The van der Waals surface area contributed by atoms with Crippen LogP contribution in [0.15, 0.2) is 23.2 Å². The number of hydroxylamine groups is 1. The molecule has 10 heteroatoms. The zero-order chi connectivity index (χ0) is 16.5. The lowest BCUT2D eigenvalue weighted by Gasteiger charge is -2.23. The first-order valence-corrected chi connectivity index (χ1v) is 5.84. The van der Waals surface area contributed by atoms with E-state index in [-0.39, 0.29) is 10.8 Å². The maximum absolute atomic E-state index is 12.7. The van der Waals surface area contributed by atoms with Gasteiger partial charge in [-0.05, 0) is 18.2 Å². The van der Waals surface area contributed by atoms with Crippen molar-refractivity contribution in [1.82, 2.24) is 0 Å². The molecule has 2 rings (SSSR count). The minimum absolute atomic E-state index is 0.0963. The number of halogens is 6. The van der Waals surface area contributed by atoms with Crippen LogP contribution >= 0.6 is 0 Å². The molecule has 1 heterocycles. The summed E-state index contributed by atoms with van der Waals surface area (Å²) in [5, 5.41) is 0.199. The van der Waals surface area contributed by atoms with Crippen molar-refractivity contribution in [3.63, 3.8) is 0 Å². The molecule has 1 aromatic carbocycles. The van der Waals surface area contributed by atoms with Gasteiger partial charge in [-0.15, -0.1) is 0 Å². The van der Waals surface area contributed by atoms with Crippen LogP contribution in [0.25, 0.3) is 0 Å². The van der Waals surface area contributed by atoms with Crippen molar-refractivity contribution >= 4 is 23.5 Å². The van der Waals surface area contributed by atoms with E-state index in [0.717, 1.165) is 12.3 Å². The zero-order valence-corrected chi connectivity index (χ0v) is 10.7. The summed E-state index contributed by atoms with van der Waals surface area (Å²) in [6.07, 6.45) is -8.77. The smallest absolute Gasteiger partial charge is 0.272 e. The van der Waals surface area contributed by atoms with E-state index in [0.29, 0.717) is 12.1 Å². The van der Waals surface area contributed by atoms with E-state index in [4.69, 9.17) is 0 Å². The summed E-state index contributed by atoms with van der Waals surface area (Å²) in [7, 11) is 0. The van der Waals surface area contributed by atoms with Crippen LogP contribution < -0.4 is 5.06 Å². The van der Waals surface area contributed by atoms with E-state index in [1.54, 1.807) is 0 Å². The highest BCUT2D eigenvalue weighted by molar-refractivity contribution is 6.04. The maximum atomic E-state index is 12.7. The highest BCUT2D eigenvalue weighted by Crippen LogP contribution is 2.38. The Labute approximate surface area is 119 Å². The van der Waals surface area contributed by atoms with Crippen molar-refractivity contribution in [2.24, 2.45) is 4.99 Å². The molecule has 0 saturated heterocycles. The summed E-state index contributed by atoms with van der Waals surface area (Å²) in [6, 6.07) is 2.19. The average molecular weight is 326 g/mol. The normalized spacial score (nSPS) is 15.7. The fourth-order valence-electron chi connectivity index (χ4n) is 1.69. The Morgan fingerprint density at radius 3 is 2.45 bits per heavy atom. The number of aliphatic imine (C=N–C) groups is 1. The van der Waals surface area contributed by atoms with Crippen molar-refractivity contribution < 1.29 is 36.0 Å². The van der Waals surface area contributed by atoms with Crippen LogP contribution in [0.4, 0.5) is 37.7 Å². The quantitative estimate of drug-likeness (QED) is 0.779. The number of hydrogen-bond donors (Lipinski definition) is 0. The molecule has 0 saturated carbocycles. The van der Waals surface area contributed by atoms with Crippen LogP contribution in [0.5, 0.6) is 0 Å². The molecule has 0 unspecified atom stereocenters. The van der Waals surface area contributed by atoms with Gasteiger partial charge in [0.05, 0.1) is 23.4 Å². The fraction of sp³-hybridized carbons (Fsp3) is 0.333. The van der Waals surface area contributed by atoms with Crippen molar-refractivity contribution in [3.05, 3.63) is 23.8 Å². The number of fused-ring (bicyclic) bond motifs is 1. The van der Waals surface area contributed by atoms with Gasteiger partial charge in [0.1, 0.15) is 0 Å². The van der Waals surface area contributed by atoms with E-state index in [2.05, 4.69) is 9.83 Å². The van der Waals surface area contributed by atoms with Crippen molar-refractivity contribution in [2.45, 2.75) is 18.8 Å². The SMILES string of the molecule is O=C1CC=Nc2ccc(C(F)(F)F)cc2N1OCC(F)(F)F. The number of benzene rings is 1. The number of nitrogens with zero attached hydrogens (tertiary/aromatic N) is 2. The molecule has 0 N–H and O–H groups in total. The molecule has 0 aliphatic carbocycles. The van der Waals surface area contributed by atoms with Crippen LogP contribution in [0, 0.1) is 0 Å². The molecule has 1 aliphatic rings. The van der Waals surface area contributed by atoms with Gasteiger partial charge in [0.15, 0.2) is 6.61 Å². The molecule has 1 aromatic rings. The average Bonchev–Trinajstić information content (AvgIpc) is 2.52. The van der Waals surface area contributed by atoms with Crippen LogP contribution in [-0.4, -0.2) is 24.9 Å². The molecular weight excluding hydrogens is 318 g/mol. The Hall–Kier alpha value is -2.10. The molecule has 120 valence electrons. The van der Waals surface area contributed by atoms with Gasteiger partial charge in [0.25, 0.3) is 5.91 Å². The number of anilines is 1. The Morgan fingerprint density at radius 2 is 1.86 bits per heavy atom. The van der Waals surface area contributed by atoms with Gasteiger partial charge in [0.2, 0.25) is 0 Å². The third-order valence-electron chi connectivity index (χ3n) is 2.60. The van der Waals surface area contributed by atoms with Gasteiger partial charge in [-0.2, -0.15) is 31.4 Å². The summed E-state index contributed by atoms with van der Waals surface area (Å²) in [4.78, 5) is 19.8. The van der Waals surface area contributed by atoms with Gasteiger partial charge >= 0.3 is 12.4 Å². The van der Waals surface area contributed by atoms with Gasteiger partial charge in [-0.3, -0.25) is 14.6 Å². The summed E-state index contributed by atoms with van der Waals surface area (Å²) in [5.74, 6) is -0.953. The lowest BCUT2D eigenvalue weighted by atomic mass is 10.1. The summed E-state index contributed by atoms with van der Waals surface area (Å²) >= 11 is 0. The number of carbonyl (C=O) groups is 1. The minimum Gasteiger partial charge on any atom is -0.272 e. The Balaban J connectivity index is 2.41. The summed E-state index contributed by atoms with van der Waals surface area (Å²) < 4.78 is 74.7. The largest absolute Gasteiger partial charge is 0.416 e. The number of carbonyl (C=O) groups excluding carboxylic acids is 1. The van der Waals surface area contributed by atoms with Crippen molar-refractivity contribution in [3.8, 4) is 0 Å². The first-order valence-electron chi connectivity index (χ1n) is 5.84. The van der Waals surface area contributed by atoms with E-state index < -0.39 is 42.5 Å². The molecule has 0 fully saturated rings. The molecule has 4 nitrogen and oxygen atoms in total. The van der Waals surface area contributed by atoms with Crippen LogP contribution in [0.3, 0.4) is 0 Å². The Kier molecular flexibility index (Phi) is 4.14. The monoisotopic (exact) mass is 326 g/mol. The molecule has 1 aliphatic heterocycles. The van der Waals surface area contributed by atoms with Crippen LogP contribution in [-0.2, 0) is 15.8 Å². The van der Waals surface area contributed by atoms with Gasteiger partial charge in [-0.1, -0.05) is 0 Å². The van der Waals surface area contributed by atoms with Crippen molar-refractivity contribution in [1.29, 1.82) is 0 Å². The molecule has 1 amide bonds. The third kappa shape index (κ3) is 3.75. The first-order chi connectivity index (χ1) is 10.1. The molecule has 0 aromatic heterocycles. The highest BCUT2D eigenvalue weighted by atomic mass is 19.4. The number of alkyl halides is 6.